The normalized spacial score (nSPS) is 9.94. The minimum absolute atomic E-state index is 0.0244. The summed E-state index contributed by atoms with van der Waals surface area (Å²) in [5.41, 5.74) is 0.601. The maximum absolute atomic E-state index is 13.1. The van der Waals surface area contributed by atoms with Gasteiger partial charge in [-0.2, -0.15) is 0 Å². The number of hydrogen-bond donors (Lipinski definition) is 0. The van der Waals surface area contributed by atoms with Crippen molar-refractivity contribution in [3.63, 3.8) is 0 Å². The van der Waals surface area contributed by atoms with Crippen LogP contribution in [0.1, 0.15) is 5.56 Å². The molecule has 0 atom stereocenters. The highest BCUT2D eigenvalue weighted by molar-refractivity contribution is 5.22. The van der Waals surface area contributed by atoms with Crippen LogP contribution in [0.15, 0.2) is 59.4 Å². The van der Waals surface area contributed by atoms with E-state index in [4.69, 9.17) is 4.74 Å². The van der Waals surface area contributed by atoms with Gasteiger partial charge in [-0.05, 0) is 17.7 Å². The molecule has 2 nitrogen and oxygen atoms in total. The van der Waals surface area contributed by atoms with Crippen molar-refractivity contribution in [3.05, 3.63) is 76.2 Å². The Morgan fingerprint density at radius 3 is 2.53 bits per heavy atom. The molecule has 0 fully saturated rings. The molecule has 0 heterocycles. The minimum atomic E-state index is -0.491. The van der Waals surface area contributed by atoms with Gasteiger partial charge >= 0.3 is 0 Å². The molecule has 0 amide bonds. The largest absolute Gasteiger partial charge is 0.485 e. The standard InChI is InChI=1S/C14H11FO2/c15-12-7-4-8-13(16)14(9-12)17-10-11-5-2-1-3-6-11/h1-9H,10H2. The van der Waals surface area contributed by atoms with Gasteiger partial charge in [-0.15, -0.1) is 0 Å². The molecule has 2 aromatic rings. The highest BCUT2D eigenvalue weighted by Gasteiger charge is 2.00. The maximum Gasteiger partial charge on any atom is 0.220 e. The quantitative estimate of drug-likeness (QED) is 0.810. The van der Waals surface area contributed by atoms with Crippen molar-refractivity contribution in [2.45, 2.75) is 6.61 Å². The van der Waals surface area contributed by atoms with E-state index in [1.54, 1.807) is 0 Å². The molecule has 17 heavy (non-hydrogen) atoms. The third kappa shape index (κ3) is 3.14. The van der Waals surface area contributed by atoms with Crippen LogP contribution in [0.5, 0.6) is 5.75 Å². The van der Waals surface area contributed by atoms with Gasteiger partial charge < -0.3 is 4.74 Å². The summed E-state index contributed by atoms with van der Waals surface area (Å²) >= 11 is 0. The number of rotatable bonds is 3. The summed E-state index contributed by atoms with van der Waals surface area (Å²) in [6, 6.07) is 14.4. The van der Waals surface area contributed by atoms with Crippen LogP contribution in [-0.4, -0.2) is 0 Å². The molecular formula is C14H11FO2. The van der Waals surface area contributed by atoms with E-state index >= 15 is 0 Å². The van der Waals surface area contributed by atoms with Gasteiger partial charge in [0.2, 0.25) is 5.43 Å². The first kappa shape index (κ1) is 11.3. The van der Waals surface area contributed by atoms with Crippen LogP contribution in [0.4, 0.5) is 4.39 Å². The van der Waals surface area contributed by atoms with Crippen molar-refractivity contribution in [2.75, 3.05) is 0 Å². The van der Waals surface area contributed by atoms with Gasteiger partial charge in [0.15, 0.2) is 5.75 Å². The van der Waals surface area contributed by atoms with E-state index in [1.165, 1.54) is 18.2 Å². The molecule has 0 unspecified atom stereocenters. The molecule has 2 aromatic carbocycles. The minimum Gasteiger partial charge on any atom is -0.485 e. The third-order valence-corrected chi connectivity index (χ3v) is 2.25. The molecule has 0 saturated carbocycles. The SMILES string of the molecule is O=c1cccc(F)cc1OCc1ccccc1. The molecule has 0 N–H and O–H groups in total. The van der Waals surface area contributed by atoms with Crippen molar-refractivity contribution >= 4 is 0 Å². The van der Waals surface area contributed by atoms with Gasteiger partial charge in [0, 0.05) is 6.07 Å². The molecule has 0 aromatic heterocycles. The van der Waals surface area contributed by atoms with Gasteiger partial charge in [-0.25, -0.2) is 4.39 Å². The number of benzene rings is 1. The predicted molar refractivity (Wildman–Crippen MR) is 63.4 cm³/mol. The summed E-state index contributed by atoms with van der Waals surface area (Å²) in [5, 5.41) is 0. The fraction of sp³-hybridized carbons (Fsp3) is 0.0714. The zero-order chi connectivity index (χ0) is 12.1. The number of hydrogen-bond acceptors (Lipinski definition) is 2. The zero-order valence-electron chi connectivity index (χ0n) is 9.10. The number of ether oxygens (including phenoxy) is 1. The Balaban J connectivity index is 2.18. The molecule has 2 rings (SSSR count). The van der Waals surface area contributed by atoms with E-state index in [-0.39, 0.29) is 17.8 Å². The Morgan fingerprint density at radius 1 is 1.00 bits per heavy atom. The molecule has 86 valence electrons. The van der Waals surface area contributed by atoms with E-state index < -0.39 is 5.82 Å². The average molecular weight is 230 g/mol. The van der Waals surface area contributed by atoms with Gasteiger partial charge in [0.25, 0.3) is 0 Å². The summed E-state index contributed by atoms with van der Waals surface area (Å²) in [5.74, 6) is -0.466. The fourth-order valence-corrected chi connectivity index (χ4v) is 1.40. The van der Waals surface area contributed by atoms with Crippen molar-refractivity contribution in [2.24, 2.45) is 0 Å². The third-order valence-electron chi connectivity index (χ3n) is 2.25. The summed E-state index contributed by atoms with van der Waals surface area (Å²) in [4.78, 5) is 11.5. The highest BCUT2D eigenvalue weighted by Crippen LogP contribution is 2.08. The van der Waals surface area contributed by atoms with Crippen LogP contribution >= 0.6 is 0 Å². The van der Waals surface area contributed by atoms with Crippen molar-refractivity contribution in [1.82, 2.24) is 0 Å². The van der Waals surface area contributed by atoms with E-state index in [1.807, 2.05) is 30.3 Å². The monoisotopic (exact) mass is 230 g/mol. The highest BCUT2D eigenvalue weighted by atomic mass is 19.1. The fourth-order valence-electron chi connectivity index (χ4n) is 1.40. The van der Waals surface area contributed by atoms with Gasteiger partial charge in [-0.3, -0.25) is 4.79 Å². The van der Waals surface area contributed by atoms with E-state index in [0.717, 1.165) is 11.6 Å². The Kier molecular flexibility index (Phi) is 3.50. The first-order valence-electron chi connectivity index (χ1n) is 5.22. The number of halogens is 1. The molecule has 0 aliphatic carbocycles. The molecule has 0 radical (unpaired) electrons. The summed E-state index contributed by atoms with van der Waals surface area (Å²) in [6.07, 6.45) is 0. The van der Waals surface area contributed by atoms with Gasteiger partial charge in [0.1, 0.15) is 12.4 Å². The molecule has 3 heteroatoms. The molecule has 0 aliphatic heterocycles. The molecule has 0 spiro atoms. The van der Waals surface area contributed by atoms with E-state index in [2.05, 4.69) is 0 Å². The lowest BCUT2D eigenvalue weighted by Gasteiger charge is -2.03. The average Bonchev–Trinajstić information content (AvgIpc) is 2.50. The van der Waals surface area contributed by atoms with Crippen molar-refractivity contribution < 1.29 is 9.13 Å². The molecule has 0 bridgehead atoms. The summed E-state index contributed by atoms with van der Waals surface area (Å²) in [6.45, 7) is 0.250. The lowest BCUT2D eigenvalue weighted by molar-refractivity contribution is 0.302. The Morgan fingerprint density at radius 2 is 1.76 bits per heavy atom. The van der Waals surface area contributed by atoms with Crippen LogP contribution in [0.25, 0.3) is 0 Å². The van der Waals surface area contributed by atoms with Crippen LogP contribution in [0.3, 0.4) is 0 Å². The first-order valence-corrected chi connectivity index (χ1v) is 5.22. The smallest absolute Gasteiger partial charge is 0.220 e. The molecular weight excluding hydrogens is 219 g/mol. The van der Waals surface area contributed by atoms with Gasteiger partial charge in [-0.1, -0.05) is 36.4 Å². The summed E-state index contributed by atoms with van der Waals surface area (Å²) < 4.78 is 18.4. The van der Waals surface area contributed by atoms with Crippen LogP contribution in [0, 0.1) is 5.82 Å². The second kappa shape index (κ2) is 5.25. The van der Waals surface area contributed by atoms with E-state index in [9.17, 15) is 9.18 Å². The molecule has 0 saturated heterocycles. The Hall–Kier alpha value is -2.16. The Labute approximate surface area is 98.3 Å². The topological polar surface area (TPSA) is 26.3 Å². The van der Waals surface area contributed by atoms with Gasteiger partial charge in [0.05, 0.1) is 0 Å². The zero-order valence-corrected chi connectivity index (χ0v) is 9.10. The first-order chi connectivity index (χ1) is 8.25. The summed E-state index contributed by atoms with van der Waals surface area (Å²) in [7, 11) is 0. The predicted octanol–water partition coefficient (Wildman–Crippen LogP) is 2.76. The van der Waals surface area contributed by atoms with Crippen LogP contribution in [0.2, 0.25) is 0 Å². The van der Waals surface area contributed by atoms with Crippen LogP contribution < -0.4 is 10.2 Å². The lowest BCUT2D eigenvalue weighted by atomic mass is 10.2. The van der Waals surface area contributed by atoms with Crippen molar-refractivity contribution in [1.29, 1.82) is 0 Å². The lowest BCUT2D eigenvalue weighted by Crippen LogP contribution is -2.04. The molecule has 0 aliphatic rings. The van der Waals surface area contributed by atoms with Crippen LogP contribution in [-0.2, 0) is 6.61 Å². The second-order valence-electron chi connectivity index (χ2n) is 3.56. The van der Waals surface area contributed by atoms with Crippen molar-refractivity contribution in [3.8, 4) is 5.75 Å². The Bertz CT molecular complexity index is 552. The maximum atomic E-state index is 13.1. The second-order valence-corrected chi connectivity index (χ2v) is 3.56. The van der Waals surface area contributed by atoms with E-state index in [0.29, 0.717) is 0 Å².